The molecule has 1 heterocycles. The van der Waals surface area contributed by atoms with Crippen molar-refractivity contribution in [1.29, 1.82) is 0 Å². The molecule has 4 heteroatoms. The number of likely N-dealkylation sites (tertiary alicyclic amines) is 1. The van der Waals surface area contributed by atoms with Crippen LogP contribution in [0.25, 0.3) is 0 Å². The van der Waals surface area contributed by atoms with Crippen LogP contribution in [0.3, 0.4) is 0 Å². The smallest absolute Gasteiger partial charge is 0.410 e. The summed E-state index contributed by atoms with van der Waals surface area (Å²) < 4.78 is 5.33. The monoisotopic (exact) mass is 303 g/mol. The van der Waals surface area contributed by atoms with Crippen LogP contribution in [-0.2, 0) is 16.0 Å². The first kappa shape index (κ1) is 16.5. The molecule has 0 radical (unpaired) electrons. The lowest BCUT2D eigenvalue weighted by molar-refractivity contribution is -0.123. The van der Waals surface area contributed by atoms with Crippen LogP contribution >= 0.6 is 0 Å². The highest BCUT2D eigenvalue weighted by Crippen LogP contribution is 2.26. The summed E-state index contributed by atoms with van der Waals surface area (Å²) in [7, 11) is 0. The van der Waals surface area contributed by atoms with Gasteiger partial charge in [0.15, 0.2) is 5.78 Å². The fourth-order valence-corrected chi connectivity index (χ4v) is 2.64. The minimum Gasteiger partial charge on any atom is -0.444 e. The number of carbonyl (C=O) groups is 2. The number of rotatable bonds is 2. The molecule has 0 aromatic heterocycles. The Bertz CT molecular complexity index is 542. The Morgan fingerprint density at radius 3 is 2.41 bits per heavy atom. The fraction of sp³-hybridized carbons (Fsp3) is 0.556. The molecule has 2 rings (SSSR count). The second kappa shape index (κ2) is 6.51. The van der Waals surface area contributed by atoms with Crippen LogP contribution in [0, 0.1) is 0 Å². The van der Waals surface area contributed by atoms with Crippen molar-refractivity contribution in [2.45, 2.75) is 52.1 Å². The van der Waals surface area contributed by atoms with Gasteiger partial charge in [-0.05, 0) is 44.7 Å². The zero-order valence-electron chi connectivity index (χ0n) is 13.9. The molecule has 1 aliphatic heterocycles. The zero-order valence-corrected chi connectivity index (χ0v) is 13.9. The SMILES string of the molecule is CCc1ccc([C@H]2CCN(C(=O)OC(C)(C)C)CC2=O)cc1. The van der Waals surface area contributed by atoms with Gasteiger partial charge in [0.2, 0.25) is 0 Å². The van der Waals surface area contributed by atoms with Gasteiger partial charge in [0.05, 0.1) is 6.54 Å². The molecule has 1 saturated heterocycles. The maximum atomic E-state index is 12.4. The van der Waals surface area contributed by atoms with E-state index in [0.717, 1.165) is 12.0 Å². The molecule has 0 N–H and O–H groups in total. The third-order valence-electron chi connectivity index (χ3n) is 3.87. The van der Waals surface area contributed by atoms with E-state index < -0.39 is 11.7 Å². The van der Waals surface area contributed by atoms with Crippen LogP contribution < -0.4 is 0 Å². The van der Waals surface area contributed by atoms with Gasteiger partial charge in [-0.1, -0.05) is 31.2 Å². The minimum atomic E-state index is -0.535. The van der Waals surface area contributed by atoms with E-state index in [1.165, 1.54) is 10.5 Å². The number of amides is 1. The molecule has 1 atom stereocenters. The van der Waals surface area contributed by atoms with E-state index in [4.69, 9.17) is 4.74 Å². The van der Waals surface area contributed by atoms with Gasteiger partial charge < -0.3 is 9.64 Å². The van der Waals surface area contributed by atoms with E-state index in [1.54, 1.807) is 0 Å². The van der Waals surface area contributed by atoms with Crippen molar-refractivity contribution < 1.29 is 14.3 Å². The summed E-state index contributed by atoms with van der Waals surface area (Å²) in [6, 6.07) is 8.21. The molecule has 1 aliphatic rings. The van der Waals surface area contributed by atoms with Gasteiger partial charge in [-0.15, -0.1) is 0 Å². The first-order valence-corrected chi connectivity index (χ1v) is 7.89. The Labute approximate surface area is 132 Å². The normalized spacial score (nSPS) is 19.2. The molecule has 1 aromatic carbocycles. The van der Waals surface area contributed by atoms with Crippen LogP contribution in [-0.4, -0.2) is 35.5 Å². The van der Waals surface area contributed by atoms with E-state index in [2.05, 4.69) is 19.1 Å². The lowest BCUT2D eigenvalue weighted by Gasteiger charge is -2.32. The van der Waals surface area contributed by atoms with Gasteiger partial charge in [-0.2, -0.15) is 0 Å². The molecular weight excluding hydrogens is 278 g/mol. The molecule has 0 bridgehead atoms. The highest BCUT2D eigenvalue weighted by molar-refractivity contribution is 5.90. The van der Waals surface area contributed by atoms with Crippen molar-refractivity contribution in [3.8, 4) is 0 Å². The van der Waals surface area contributed by atoms with Crippen molar-refractivity contribution in [1.82, 2.24) is 4.90 Å². The molecule has 0 unspecified atom stereocenters. The summed E-state index contributed by atoms with van der Waals surface area (Å²) in [5, 5.41) is 0. The quantitative estimate of drug-likeness (QED) is 0.839. The lowest BCUT2D eigenvalue weighted by Crippen LogP contribution is -2.45. The summed E-state index contributed by atoms with van der Waals surface area (Å²) in [5.74, 6) is -0.0223. The molecule has 1 aromatic rings. The van der Waals surface area contributed by atoms with Gasteiger partial charge in [-0.3, -0.25) is 4.79 Å². The first-order chi connectivity index (χ1) is 10.3. The lowest BCUT2D eigenvalue weighted by atomic mass is 9.88. The highest BCUT2D eigenvalue weighted by Gasteiger charge is 2.32. The van der Waals surface area contributed by atoms with Crippen molar-refractivity contribution in [2.75, 3.05) is 13.1 Å². The maximum absolute atomic E-state index is 12.4. The number of nitrogens with zero attached hydrogens (tertiary/aromatic N) is 1. The summed E-state index contributed by atoms with van der Waals surface area (Å²) in [6.07, 6.45) is 1.25. The third-order valence-corrected chi connectivity index (χ3v) is 3.87. The van der Waals surface area contributed by atoms with E-state index in [0.29, 0.717) is 13.0 Å². The standard InChI is InChI=1S/C18H25NO3/c1-5-13-6-8-14(9-7-13)15-10-11-19(12-16(15)20)17(21)22-18(2,3)4/h6-9,15H,5,10-12H2,1-4H3/t15-/m1/s1. The highest BCUT2D eigenvalue weighted by atomic mass is 16.6. The third kappa shape index (κ3) is 4.09. The summed E-state index contributed by atoms with van der Waals surface area (Å²) >= 11 is 0. The number of hydrogen-bond donors (Lipinski definition) is 0. The largest absolute Gasteiger partial charge is 0.444 e. The molecule has 4 nitrogen and oxygen atoms in total. The van der Waals surface area contributed by atoms with Crippen molar-refractivity contribution in [2.24, 2.45) is 0 Å². The zero-order chi connectivity index (χ0) is 16.3. The van der Waals surface area contributed by atoms with Crippen molar-refractivity contribution >= 4 is 11.9 Å². The molecular formula is C18H25NO3. The van der Waals surface area contributed by atoms with E-state index in [-0.39, 0.29) is 18.2 Å². The van der Waals surface area contributed by atoms with Crippen molar-refractivity contribution in [3.63, 3.8) is 0 Å². The Hall–Kier alpha value is -1.84. The predicted octanol–water partition coefficient (Wildman–Crippen LogP) is 3.54. The number of Topliss-reactive ketones (excluding diaryl/α,β-unsaturated/α-hetero) is 1. The summed E-state index contributed by atoms with van der Waals surface area (Å²) in [4.78, 5) is 25.9. The number of aryl methyl sites for hydroxylation is 1. The maximum Gasteiger partial charge on any atom is 0.410 e. The minimum absolute atomic E-state index is 0.0846. The van der Waals surface area contributed by atoms with Gasteiger partial charge in [0.25, 0.3) is 0 Å². The average Bonchev–Trinajstić information content (AvgIpc) is 2.45. The topological polar surface area (TPSA) is 46.6 Å². The number of carbonyl (C=O) groups excluding carboxylic acids is 2. The molecule has 1 fully saturated rings. The Morgan fingerprint density at radius 1 is 1.27 bits per heavy atom. The second-order valence-corrected chi connectivity index (χ2v) is 6.80. The molecule has 1 amide bonds. The summed E-state index contributed by atoms with van der Waals surface area (Å²) in [5.41, 5.74) is 1.78. The van der Waals surface area contributed by atoms with Crippen LogP contribution in [0.1, 0.15) is 51.2 Å². The van der Waals surface area contributed by atoms with Crippen LogP contribution in [0.4, 0.5) is 4.79 Å². The van der Waals surface area contributed by atoms with Crippen molar-refractivity contribution in [3.05, 3.63) is 35.4 Å². The fourth-order valence-electron chi connectivity index (χ4n) is 2.64. The van der Waals surface area contributed by atoms with Gasteiger partial charge >= 0.3 is 6.09 Å². The number of ketones is 1. The number of benzene rings is 1. The Balaban J connectivity index is 2.00. The predicted molar refractivity (Wildman–Crippen MR) is 86.0 cm³/mol. The molecule has 0 saturated carbocycles. The van der Waals surface area contributed by atoms with Gasteiger partial charge in [-0.25, -0.2) is 4.79 Å². The van der Waals surface area contributed by atoms with Crippen LogP contribution in [0.15, 0.2) is 24.3 Å². The first-order valence-electron chi connectivity index (χ1n) is 7.89. The van der Waals surface area contributed by atoms with Crippen LogP contribution in [0.5, 0.6) is 0 Å². The number of hydrogen-bond acceptors (Lipinski definition) is 3. The van der Waals surface area contributed by atoms with Gasteiger partial charge in [0, 0.05) is 12.5 Å². The Kier molecular flexibility index (Phi) is 4.89. The van der Waals surface area contributed by atoms with Gasteiger partial charge in [0.1, 0.15) is 5.60 Å². The van der Waals surface area contributed by atoms with E-state index >= 15 is 0 Å². The number of piperidine rings is 1. The average molecular weight is 303 g/mol. The van der Waals surface area contributed by atoms with Crippen LogP contribution in [0.2, 0.25) is 0 Å². The molecule has 0 aliphatic carbocycles. The Morgan fingerprint density at radius 2 is 1.91 bits per heavy atom. The second-order valence-electron chi connectivity index (χ2n) is 6.80. The molecule has 22 heavy (non-hydrogen) atoms. The molecule has 0 spiro atoms. The van der Waals surface area contributed by atoms with E-state index in [1.807, 2.05) is 32.9 Å². The number of ether oxygens (including phenoxy) is 1. The molecule has 120 valence electrons. The summed E-state index contributed by atoms with van der Waals surface area (Å²) in [6.45, 7) is 8.29. The van der Waals surface area contributed by atoms with E-state index in [9.17, 15) is 9.59 Å².